The quantitative estimate of drug-likeness (QED) is 0.539. The molecule has 132 valence electrons. The van der Waals surface area contributed by atoms with Crippen molar-refractivity contribution in [2.45, 2.75) is 20.0 Å². The minimum Gasteiger partial charge on any atom is -0.507 e. The second kappa shape index (κ2) is 7.70. The van der Waals surface area contributed by atoms with Gasteiger partial charge < -0.3 is 9.84 Å². The van der Waals surface area contributed by atoms with E-state index in [9.17, 15) is 9.90 Å². The Labute approximate surface area is 151 Å². The SMILES string of the molecule is CC(C)Oc1ccc(C(=O)N/N=C/c2c(O)ccc3ccccc23)cc1. The summed E-state index contributed by atoms with van der Waals surface area (Å²) in [5.41, 5.74) is 3.51. The molecule has 0 fully saturated rings. The van der Waals surface area contributed by atoms with Crippen LogP contribution in [0.5, 0.6) is 11.5 Å². The first-order chi connectivity index (χ1) is 12.5. The molecule has 0 bridgehead atoms. The third-order valence-corrected chi connectivity index (χ3v) is 3.80. The molecule has 5 nitrogen and oxygen atoms in total. The van der Waals surface area contributed by atoms with Gasteiger partial charge in [-0.1, -0.05) is 30.3 Å². The van der Waals surface area contributed by atoms with E-state index in [2.05, 4.69) is 10.5 Å². The van der Waals surface area contributed by atoms with Crippen LogP contribution in [0.1, 0.15) is 29.8 Å². The van der Waals surface area contributed by atoms with Crippen LogP contribution in [0.25, 0.3) is 10.8 Å². The van der Waals surface area contributed by atoms with Gasteiger partial charge in [-0.2, -0.15) is 5.10 Å². The van der Waals surface area contributed by atoms with Gasteiger partial charge in [-0.05, 0) is 55.0 Å². The van der Waals surface area contributed by atoms with Crippen LogP contribution in [0.2, 0.25) is 0 Å². The lowest BCUT2D eigenvalue weighted by atomic mass is 10.0. The highest BCUT2D eigenvalue weighted by molar-refractivity contribution is 6.03. The van der Waals surface area contributed by atoms with Gasteiger partial charge in [0.1, 0.15) is 11.5 Å². The molecular weight excluding hydrogens is 328 g/mol. The maximum Gasteiger partial charge on any atom is 0.271 e. The highest BCUT2D eigenvalue weighted by Crippen LogP contribution is 2.25. The molecule has 0 aliphatic rings. The minimum atomic E-state index is -0.336. The van der Waals surface area contributed by atoms with Crippen LogP contribution in [0.15, 0.2) is 65.8 Å². The average molecular weight is 348 g/mol. The van der Waals surface area contributed by atoms with Crippen LogP contribution in [0.4, 0.5) is 0 Å². The van der Waals surface area contributed by atoms with Crippen LogP contribution in [0.3, 0.4) is 0 Å². The van der Waals surface area contributed by atoms with Gasteiger partial charge in [-0.15, -0.1) is 0 Å². The number of hydrogen-bond donors (Lipinski definition) is 2. The summed E-state index contributed by atoms with van der Waals surface area (Å²) in [7, 11) is 0. The van der Waals surface area contributed by atoms with E-state index >= 15 is 0 Å². The predicted molar refractivity (Wildman–Crippen MR) is 103 cm³/mol. The molecule has 0 unspecified atom stereocenters. The Balaban J connectivity index is 1.73. The van der Waals surface area contributed by atoms with Gasteiger partial charge in [0.2, 0.25) is 0 Å². The van der Waals surface area contributed by atoms with Crippen LogP contribution < -0.4 is 10.2 Å². The number of carbonyl (C=O) groups excluding carboxylic acids is 1. The number of hydrogen-bond acceptors (Lipinski definition) is 4. The van der Waals surface area contributed by atoms with Crippen molar-refractivity contribution in [1.29, 1.82) is 0 Å². The molecule has 5 heteroatoms. The Hall–Kier alpha value is -3.34. The van der Waals surface area contributed by atoms with E-state index in [4.69, 9.17) is 4.74 Å². The summed E-state index contributed by atoms with van der Waals surface area (Å²) in [5, 5.41) is 15.9. The summed E-state index contributed by atoms with van der Waals surface area (Å²) >= 11 is 0. The lowest BCUT2D eigenvalue weighted by Crippen LogP contribution is -2.17. The Kier molecular flexibility index (Phi) is 5.17. The van der Waals surface area contributed by atoms with E-state index in [1.165, 1.54) is 6.21 Å². The Bertz CT molecular complexity index is 947. The fraction of sp³-hybridized carbons (Fsp3) is 0.143. The van der Waals surface area contributed by atoms with Crippen molar-refractivity contribution in [1.82, 2.24) is 5.43 Å². The van der Waals surface area contributed by atoms with Gasteiger partial charge in [0, 0.05) is 11.1 Å². The molecular formula is C21H20N2O3. The molecule has 0 aliphatic carbocycles. The van der Waals surface area contributed by atoms with Crippen molar-refractivity contribution in [2.24, 2.45) is 5.10 Å². The number of fused-ring (bicyclic) bond motifs is 1. The highest BCUT2D eigenvalue weighted by Gasteiger charge is 2.07. The Morgan fingerprint density at radius 2 is 1.81 bits per heavy atom. The molecule has 2 N–H and O–H groups in total. The minimum absolute atomic E-state index is 0.0765. The average Bonchev–Trinajstić information content (AvgIpc) is 2.63. The van der Waals surface area contributed by atoms with Crippen LogP contribution >= 0.6 is 0 Å². The van der Waals surface area contributed by atoms with Gasteiger partial charge in [0.15, 0.2) is 0 Å². The first-order valence-corrected chi connectivity index (χ1v) is 8.35. The zero-order valence-corrected chi connectivity index (χ0v) is 14.6. The number of ether oxygens (including phenoxy) is 1. The molecule has 3 rings (SSSR count). The first kappa shape index (κ1) is 17.5. The molecule has 1 amide bonds. The number of rotatable bonds is 5. The zero-order chi connectivity index (χ0) is 18.5. The normalized spacial score (nSPS) is 11.2. The number of nitrogens with zero attached hydrogens (tertiary/aromatic N) is 1. The zero-order valence-electron chi connectivity index (χ0n) is 14.6. The third kappa shape index (κ3) is 4.00. The number of nitrogens with one attached hydrogen (secondary N) is 1. The number of hydrazone groups is 1. The van der Waals surface area contributed by atoms with E-state index in [1.807, 2.05) is 44.2 Å². The van der Waals surface area contributed by atoms with Crippen LogP contribution in [-0.4, -0.2) is 23.3 Å². The fourth-order valence-electron chi connectivity index (χ4n) is 2.60. The topological polar surface area (TPSA) is 70.9 Å². The molecule has 0 spiro atoms. The summed E-state index contributed by atoms with van der Waals surface area (Å²) in [6.07, 6.45) is 1.53. The van der Waals surface area contributed by atoms with Crippen LogP contribution in [-0.2, 0) is 0 Å². The van der Waals surface area contributed by atoms with Gasteiger partial charge in [-0.3, -0.25) is 4.79 Å². The third-order valence-electron chi connectivity index (χ3n) is 3.80. The monoisotopic (exact) mass is 348 g/mol. The summed E-state index contributed by atoms with van der Waals surface area (Å²) in [6, 6.07) is 17.9. The summed E-state index contributed by atoms with van der Waals surface area (Å²) in [6.45, 7) is 3.88. The largest absolute Gasteiger partial charge is 0.507 e. The van der Waals surface area contributed by atoms with Crippen molar-refractivity contribution < 1.29 is 14.6 Å². The number of phenols is 1. The summed E-state index contributed by atoms with van der Waals surface area (Å²) in [4.78, 5) is 12.2. The smallest absolute Gasteiger partial charge is 0.271 e. The van der Waals surface area contributed by atoms with E-state index in [0.717, 1.165) is 10.8 Å². The number of carbonyl (C=O) groups is 1. The number of benzene rings is 3. The van der Waals surface area contributed by atoms with E-state index < -0.39 is 0 Å². The summed E-state index contributed by atoms with van der Waals surface area (Å²) < 4.78 is 5.55. The maximum absolute atomic E-state index is 12.2. The molecule has 0 aromatic heterocycles. The van der Waals surface area contributed by atoms with Crippen molar-refractivity contribution in [2.75, 3.05) is 0 Å². The predicted octanol–water partition coefficient (Wildman–Crippen LogP) is 4.10. The molecule has 0 radical (unpaired) electrons. The maximum atomic E-state index is 12.2. The first-order valence-electron chi connectivity index (χ1n) is 8.35. The lowest BCUT2D eigenvalue weighted by molar-refractivity contribution is 0.0955. The van der Waals surface area contributed by atoms with Gasteiger partial charge in [0.25, 0.3) is 5.91 Å². The van der Waals surface area contributed by atoms with Gasteiger partial charge >= 0.3 is 0 Å². The second-order valence-corrected chi connectivity index (χ2v) is 6.11. The molecule has 3 aromatic rings. The van der Waals surface area contributed by atoms with Crippen molar-refractivity contribution in [3.63, 3.8) is 0 Å². The highest BCUT2D eigenvalue weighted by atomic mass is 16.5. The number of amides is 1. The summed E-state index contributed by atoms with van der Waals surface area (Å²) in [5.74, 6) is 0.481. The number of phenolic OH excluding ortho intramolecular Hbond substituents is 1. The van der Waals surface area contributed by atoms with Crippen LogP contribution in [0, 0.1) is 0 Å². The number of aromatic hydroxyl groups is 1. The fourth-order valence-corrected chi connectivity index (χ4v) is 2.60. The Morgan fingerprint density at radius 3 is 2.54 bits per heavy atom. The van der Waals surface area contributed by atoms with Gasteiger partial charge in [0.05, 0.1) is 12.3 Å². The molecule has 3 aromatic carbocycles. The van der Waals surface area contributed by atoms with E-state index in [0.29, 0.717) is 16.9 Å². The molecule has 0 saturated carbocycles. The molecule has 0 saturated heterocycles. The lowest BCUT2D eigenvalue weighted by Gasteiger charge is -2.09. The molecule has 0 atom stereocenters. The van der Waals surface area contributed by atoms with Crippen molar-refractivity contribution in [3.8, 4) is 11.5 Å². The Morgan fingerprint density at radius 1 is 1.08 bits per heavy atom. The molecule has 26 heavy (non-hydrogen) atoms. The van der Waals surface area contributed by atoms with Crippen molar-refractivity contribution in [3.05, 3.63) is 71.8 Å². The van der Waals surface area contributed by atoms with Gasteiger partial charge in [-0.25, -0.2) is 5.43 Å². The standard InChI is InChI=1S/C21H20N2O3/c1-14(2)26-17-10-7-16(8-11-17)21(25)23-22-13-19-18-6-4-3-5-15(18)9-12-20(19)24/h3-14,24H,1-2H3,(H,23,25)/b22-13+. The van der Waals surface area contributed by atoms with E-state index in [1.54, 1.807) is 30.3 Å². The van der Waals surface area contributed by atoms with E-state index in [-0.39, 0.29) is 17.8 Å². The molecule has 0 heterocycles. The molecule has 0 aliphatic heterocycles. The van der Waals surface area contributed by atoms with Crippen molar-refractivity contribution >= 4 is 22.9 Å². The second-order valence-electron chi connectivity index (χ2n) is 6.11.